The maximum Gasteiger partial charge on any atom is 0.151 e. The zero-order valence-electron chi connectivity index (χ0n) is 10.9. The molecule has 1 unspecified atom stereocenters. The van der Waals surface area contributed by atoms with Crippen molar-refractivity contribution in [3.8, 4) is 12.3 Å². The Kier molecular flexibility index (Phi) is 4.69. The van der Waals surface area contributed by atoms with E-state index in [2.05, 4.69) is 5.92 Å². The first-order valence-electron chi connectivity index (χ1n) is 6.24. The monoisotopic (exact) mass is 315 g/mol. The van der Waals surface area contributed by atoms with E-state index in [9.17, 15) is 12.8 Å². The summed E-state index contributed by atoms with van der Waals surface area (Å²) in [6.07, 6.45) is 5.85. The van der Waals surface area contributed by atoms with E-state index < -0.39 is 15.7 Å². The standard InChI is InChI=1S/C14H15ClFNO2S/c1-2-7-17(11-6-8-20(18,19)10-11)9-12-13(15)4-3-5-14(12)16/h1,3-5,11H,6-10H2. The number of hydrogen-bond acceptors (Lipinski definition) is 3. The summed E-state index contributed by atoms with van der Waals surface area (Å²) < 4.78 is 36.9. The first-order chi connectivity index (χ1) is 9.43. The Labute approximate surface area is 123 Å². The lowest BCUT2D eigenvalue weighted by Crippen LogP contribution is -2.36. The van der Waals surface area contributed by atoms with Gasteiger partial charge in [0.05, 0.1) is 18.1 Å². The molecule has 0 radical (unpaired) electrons. The lowest BCUT2D eigenvalue weighted by atomic mass is 10.1. The third-order valence-corrected chi connectivity index (χ3v) is 5.55. The van der Waals surface area contributed by atoms with E-state index >= 15 is 0 Å². The second-order valence-electron chi connectivity index (χ2n) is 4.87. The van der Waals surface area contributed by atoms with Crippen LogP contribution in [0.1, 0.15) is 12.0 Å². The van der Waals surface area contributed by atoms with Gasteiger partial charge in [-0.25, -0.2) is 12.8 Å². The Morgan fingerprint density at radius 1 is 1.50 bits per heavy atom. The number of nitrogens with zero attached hydrogens (tertiary/aromatic N) is 1. The molecule has 1 aromatic carbocycles. The minimum Gasteiger partial charge on any atom is -0.284 e. The molecule has 0 amide bonds. The Bertz CT molecular complexity index is 619. The van der Waals surface area contributed by atoms with Gasteiger partial charge in [-0.3, -0.25) is 4.90 Å². The van der Waals surface area contributed by atoms with Gasteiger partial charge in [-0.05, 0) is 18.6 Å². The predicted molar refractivity (Wildman–Crippen MR) is 77.7 cm³/mol. The van der Waals surface area contributed by atoms with Crippen LogP contribution in [0.15, 0.2) is 18.2 Å². The summed E-state index contributed by atoms with van der Waals surface area (Å²) in [7, 11) is -3.01. The van der Waals surface area contributed by atoms with Gasteiger partial charge in [-0.1, -0.05) is 23.6 Å². The molecule has 20 heavy (non-hydrogen) atoms. The molecule has 0 N–H and O–H groups in total. The minimum atomic E-state index is -3.01. The number of benzene rings is 1. The SMILES string of the molecule is C#CCN(Cc1c(F)cccc1Cl)C1CCS(=O)(=O)C1. The van der Waals surface area contributed by atoms with E-state index in [1.807, 2.05) is 0 Å². The first-order valence-corrected chi connectivity index (χ1v) is 8.43. The van der Waals surface area contributed by atoms with E-state index in [4.69, 9.17) is 18.0 Å². The highest BCUT2D eigenvalue weighted by atomic mass is 35.5. The highest BCUT2D eigenvalue weighted by Gasteiger charge is 2.32. The van der Waals surface area contributed by atoms with Crippen LogP contribution in [0.3, 0.4) is 0 Å². The average molecular weight is 316 g/mol. The van der Waals surface area contributed by atoms with Crippen molar-refractivity contribution in [2.45, 2.75) is 19.0 Å². The summed E-state index contributed by atoms with van der Waals surface area (Å²) in [5.41, 5.74) is 0.355. The predicted octanol–water partition coefficient (Wildman–Crippen LogP) is 2.10. The second kappa shape index (κ2) is 6.13. The van der Waals surface area contributed by atoms with Crippen molar-refractivity contribution in [2.24, 2.45) is 0 Å². The normalized spacial score (nSPS) is 21.0. The van der Waals surface area contributed by atoms with Crippen molar-refractivity contribution in [1.29, 1.82) is 0 Å². The largest absolute Gasteiger partial charge is 0.284 e. The minimum absolute atomic E-state index is 0.0702. The van der Waals surface area contributed by atoms with Crippen molar-refractivity contribution < 1.29 is 12.8 Å². The molecule has 0 aromatic heterocycles. The molecule has 0 spiro atoms. The van der Waals surface area contributed by atoms with E-state index in [0.717, 1.165) is 0 Å². The molecular weight excluding hydrogens is 301 g/mol. The zero-order chi connectivity index (χ0) is 14.8. The van der Waals surface area contributed by atoms with Crippen LogP contribution in [-0.2, 0) is 16.4 Å². The van der Waals surface area contributed by atoms with E-state index in [-0.39, 0.29) is 30.6 Å². The van der Waals surface area contributed by atoms with Crippen LogP contribution in [0.2, 0.25) is 5.02 Å². The van der Waals surface area contributed by atoms with Crippen LogP contribution >= 0.6 is 11.6 Å². The fourth-order valence-electron chi connectivity index (χ4n) is 2.38. The maximum atomic E-state index is 13.8. The second-order valence-corrected chi connectivity index (χ2v) is 7.50. The third kappa shape index (κ3) is 3.51. The molecule has 2 rings (SSSR count). The Morgan fingerprint density at radius 3 is 2.80 bits per heavy atom. The molecule has 1 heterocycles. The molecule has 108 valence electrons. The lowest BCUT2D eigenvalue weighted by Gasteiger charge is -2.26. The van der Waals surface area contributed by atoms with Crippen molar-refractivity contribution in [3.05, 3.63) is 34.6 Å². The highest BCUT2D eigenvalue weighted by molar-refractivity contribution is 7.91. The summed E-state index contributed by atoms with van der Waals surface area (Å²) in [6.45, 7) is 0.487. The highest BCUT2D eigenvalue weighted by Crippen LogP contribution is 2.24. The van der Waals surface area contributed by atoms with Crippen molar-refractivity contribution in [2.75, 3.05) is 18.1 Å². The summed E-state index contributed by atoms with van der Waals surface area (Å²) in [5, 5.41) is 0.327. The van der Waals surface area contributed by atoms with E-state index in [1.54, 1.807) is 11.0 Å². The van der Waals surface area contributed by atoms with Gasteiger partial charge in [-0.2, -0.15) is 0 Å². The molecule has 1 saturated heterocycles. The van der Waals surface area contributed by atoms with Gasteiger partial charge in [0.15, 0.2) is 9.84 Å². The molecule has 1 aliphatic heterocycles. The quantitative estimate of drug-likeness (QED) is 0.799. The molecule has 0 bridgehead atoms. The number of hydrogen-bond donors (Lipinski definition) is 0. The fourth-order valence-corrected chi connectivity index (χ4v) is 4.37. The van der Waals surface area contributed by atoms with Crippen LogP contribution in [0.4, 0.5) is 4.39 Å². The van der Waals surface area contributed by atoms with Gasteiger partial charge in [0.25, 0.3) is 0 Å². The van der Waals surface area contributed by atoms with Crippen LogP contribution in [0.25, 0.3) is 0 Å². The summed E-state index contributed by atoms with van der Waals surface area (Å²) in [4.78, 5) is 1.80. The van der Waals surface area contributed by atoms with Gasteiger partial charge in [-0.15, -0.1) is 6.42 Å². The number of terminal acetylenes is 1. The molecule has 1 atom stereocenters. The molecule has 1 aliphatic rings. The van der Waals surface area contributed by atoms with Gasteiger partial charge < -0.3 is 0 Å². The van der Waals surface area contributed by atoms with Crippen molar-refractivity contribution >= 4 is 21.4 Å². The molecule has 0 saturated carbocycles. The number of sulfone groups is 1. The van der Waals surface area contributed by atoms with Gasteiger partial charge >= 0.3 is 0 Å². The average Bonchev–Trinajstić information content (AvgIpc) is 2.73. The van der Waals surface area contributed by atoms with Gasteiger partial charge in [0.2, 0.25) is 0 Å². The van der Waals surface area contributed by atoms with Gasteiger partial charge in [0.1, 0.15) is 5.82 Å². The summed E-state index contributed by atoms with van der Waals surface area (Å²) in [5.74, 6) is 2.32. The van der Waals surface area contributed by atoms with Crippen LogP contribution in [0, 0.1) is 18.2 Å². The van der Waals surface area contributed by atoms with E-state index in [1.165, 1.54) is 12.1 Å². The molecule has 1 aromatic rings. The Morgan fingerprint density at radius 2 is 2.25 bits per heavy atom. The first kappa shape index (κ1) is 15.3. The third-order valence-electron chi connectivity index (χ3n) is 3.44. The molecule has 6 heteroatoms. The van der Waals surface area contributed by atoms with Crippen LogP contribution in [0.5, 0.6) is 0 Å². The molecule has 3 nitrogen and oxygen atoms in total. The number of halogens is 2. The Balaban J connectivity index is 2.21. The fraction of sp³-hybridized carbons (Fsp3) is 0.429. The number of rotatable bonds is 4. The summed E-state index contributed by atoms with van der Waals surface area (Å²) >= 11 is 6.00. The smallest absolute Gasteiger partial charge is 0.151 e. The van der Waals surface area contributed by atoms with Crippen molar-refractivity contribution in [3.63, 3.8) is 0 Å². The molecule has 1 fully saturated rings. The maximum absolute atomic E-state index is 13.8. The van der Waals surface area contributed by atoms with Crippen LogP contribution < -0.4 is 0 Å². The topological polar surface area (TPSA) is 37.4 Å². The zero-order valence-corrected chi connectivity index (χ0v) is 12.4. The van der Waals surface area contributed by atoms with E-state index in [0.29, 0.717) is 17.0 Å². The summed E-state index contributed by atoms with van der Waals surface area (Å²) in [6, 6.07) is 4.30. The lowest BCUT2D eigenvalue weighted by molar-refractivity contribution is 0.227. The van der Waals surface area contributed by atoms with Crippen molar-refractivity contribution in [1.82, 2.24) is 4.90 Å². The molecular formula is C14H15ClFNO2S. The van der Waals surface area contributed by atoms with Crippen LogP contribution in [-0.4, -0.2) is 37.4 Å². The van der Waals surface area contributed by atoms with Gasteiger partial charge in [0, 0.05) is 23.2 Å². The molecule has 0 aliphatic carbocycles. The Hall–Kier alpha value is -1.09.